The number of primary amides is 1. The van der Waals surface area contributed by atoms with Crippen LogP contribution in [0.3, 0.4) is 0 Å². The molecule has 0 heterocycles. The van der Waals surface area contributed by atoms with Crippen LogP contribution in [-0.4, -0.2) is 23.6 Å². The van der Waals surface area contributed by atoms with Crippen LogP contribution in [0.15, 0.2) is 54.1 Å². The summed E-state index contributed by atoms with van der Waals surface area (Å²) in [4.78, 5) is 23.1. The Morgan fingerprint density at radius 1 is 1.11 bits per heavy atom. The number of hydrogen-bond donors (Lipinski definition) is 2. The van der Waals surface area contributed by atoms with Crippen LogP contribution in [-0.2, 0) is 22.4 Å². The number of rotatable bonds is 8. The van der Waals surface area contributed by atoms with Gasteiger partial charge in [0.05, 0.1) is 5.92 Å². The molecule has 2 aromatic carbocycles. The van der Waals surface area contributed by atoms with Crippen molar-refractivity contribution < 1.29 is 19.4 Å². The number of carboxylic acids is 1. The highest BCUT2D eigenvalue weighted by molar-refractivity contribution is 5.95. The lowest BCUT2D eigenvalue weighted by atomic mass is 9.87. The number of ether oxygens (including phenoxy) is 1. The summed E-state index contributed by atoms with van der Waals surface area (Å²) in [5.41, 5.74) is 10.8. The zero-order valence-electron chi connectivity index (χ0n) is 16.0. The van der Waals surface area contributed by atoms with Crippen molar-refractivity contribution in [2.24, 2.45) is 11.7 Å². The number of allylic oxidation sites excluding steroid dienone is 1. The highest BCUT2D eigenvalue weighted by Crippen LogP contribution is 2.44. The van der Waals surface area contributed by atoms with Crippen molar-refractivity contribution in [3.05, 3.63) is 70.8 Å². The number of carbonyl (C=O) groups is 2. The quantitative estimate of drug-likeness (QED) is 0.733. The molecule has 28 heavy (non-hydrogen) atoms. The fourth-order valence-corrected chi connectivity index (χ4v) is 3.88. The Morgan fingerprint density at radius 2 is 1.86 bits per heavy atom. The maximum absolute atomic E-state index is 12.1. The molecule has 2 aromatic rings. The number of aliphatic carboxylic acids is 1. The number of aryl methyl sites for hydroxylation is 2. The highest BCUT2D eigenvalue weighted by atomic mass is 16.5. The van der Waals surface area contributed by atoms with Crippen LogP contribution in [0, 0.1) is 5.92 Å². The predicted octanol–water partition coefficient (Wildman–Crippen LogP) is 3.60. The average molecular weight is 379 g/mol. The average Bonchev–Trinajstić information content (AvgIpc) is 3.06. The van der Waals surface area contributed by atoms with Gasteiger partial charge in [-0.05, 0) is 55.4 Å². The van der Waals surface area contributed by atoms with E-state index in [1.807, 2.05) is 37.3 Å². The summed E-state index contributed by atoms with van der Waals surface area (Å²) in [5.74, 6) is -1.27. The minimum absolute atomic E-state index is 0.353. The van der Waals surface area contributed by atoms with Crippen molar-refractivity contribution in [2.75, 3.05) is 6.61 Å². The van der Waals surface area contributed by atoms with Gasteiger partial charge >= 0.3 is 5.97 Å². The van der Waals surface area contributed by atoms with Crippen LogP contribution in [0.25, 0.3) is 5.57 Å². The number of benzene rings is 2. The van der Waals surface area contributed by atoms with E-state index >= 15 is 0 Å². The number of carboxylic acid groups (broad SMARTS) is 1. The molecule has 1 unspecified atom stereocenters. The van der Waals surface area contributed by atoms with Crippen molar-refractivity contribution in [1.29, 1.82) is 0 Å². The van der Waals surface area contributed by atoms with E-state index in [-0.39, 0.29) is 11.8 Å². The number of nitrogens with two attached hydrogens (primary N) is 1. The van der Waals surface area contributed by atoms with Gasteiger partial charge in [0.2, 0.25) is 5.91 Å². The van der Waals surface area contributed by atoms with Crippen LogP contribution < -0.4 is 10.5 Å². The molecule has 5 heteroatoms. The van der Waals surface area contributed by atoms with Gasteiger partial charge in [-0.1, -0.05) is 48.0 Å². The molecule has 1 aliphatic rings. The van der Waals surface area contributed by atoms with Crippen molar-refractivity contribution >= 4 is 17.4 Å². The first kappa shape index (κ1) is 19.7. The topological polar surface area (TPSA) is 89.6 Å². The molecule has 1 amide bonds. The summed E-state index contributed by atoms with van der Waals surface area (Å²) in [6.45, 7) is 1.58. The minimum atomic E-state index is -1.04. The monoisotopic (exact) mass is 379 g/mol. The smallest absolute Gasteiger partial charge is 0.341 e. The molecule has 0 aliphatic heterocycles. The van der Waals surface area contributed by atoms with Gasteiger partial charge in [0.15, 0.2) is 6.61 Å². The molecule has 146 valence electrons. The first-order chi connectivity index (χ1) is 13.5. The van der Waals surface area contributed by atoms with Gasteiger partial charge in [-0.15, -0.1) is 0 Å². The zero-order chi connectivity index (χ0) is 20.1. The van der Waals surface area contributed by atoms with Gasteiger partial charge in [0.25, 0.3) is 0 Å². The zero-order valence-corrected chi connectivity index (χ0v) is 16.0. The Balaban J connectivity index is 2.01. The molecule has 0 aromatic heterocycles. The van der Waals surface area contributed by atoms with Crippen molar-refractivity contribution in [3.8, 4) is 5.75 Å². The summed E-state index contributed by atoms with van der Waals surface area (Å²) >= 11 is 0. The third-order valence-corrected chi connectivity index (χ3v) is 5.22. The molecule has 1 atom stereocenters. The Bertz CT molecular complexity index is 902. The lowest BCUT2D eigenvalue weighted by Crippen LogP contribution is -2.23. The Labute approximate surface area is 164 Å². The second-order valence-electron chi connectivity index (χ2n) is 7.15. The largest absolute Gasteiger partial charge is 0.481 e. The molecule has 5 nitrogen and oxygen atoms in total. The van der Waals surface area contributed by atoms with Gasteiger partial charge in [-0.25, -0.2) is 4.79 Å². The highest BCUT2D eigenvalue weighted by Gasteiger charge is 2.32. The standard InChI is InChI=1S/C23H25NO4/c1-15-10-13-18(23(24)27)21(15)22-17(12-11-16-6-3-2-4-7-16)8-5-9-19(22)28-14-20(25)26/h2-9,18H,10-14H2,1H3,(H2,24,27)(H,25,26). The minimum Gasteiger partial charge on any atom is -0.481 e. The maximum atomic E-state index is 12.1. The molecule has 0 saturated carbocycles. The molecular formula is C23H25NO4. The SMILES string of the molecule is CC1=C(c2c(CCc3ccccc3)cccc2OCC(=O)O)C(C(N)=O)CC1. The molecule has 3 N–H and O–H groups in total. The molecule has 0 saturated heterocycles. The van der Waals surface area contributed by atoms with Crippen LogP contribution >= 0.6 is 0 Å². The number of carbonyl (C=O) groups excluding carboxylic acids is 1. The maximum Gasteiger partial charge on any atom is 0.341 e. The Hall–Kier alpha value is -3.08. The molecule has 1 aliphatic carbocycles. The predicted molar refractivity (Wildman–Crippen MR) is 108 cm³/mol. The van der Waals surface area contributed by atoms with E-state index < -0.39 is 12.6 Å². The fourth-order valence-electron chi connectivity index (χ4n) is 3.88. The van der Waals surface area contributed by atoms with Crippen LogP contribution in [0.5, 0.6) is 5.75 Å². The van der Waals surface area contributed by atoms with E-state index in [1.165, 1.54) is 5.56 Å². The van der Waals surface area contributed by atoms with Gasteiger partial charge < -0.3 is 15.6 Å². The van der Waals surface area contributed by atoms with Crippen LogP contribution in [0.1, 0.15) is 36.5 Å². The summed E-state index contributed by atoms with van der Waals surface area (Å²) in [6.07, 6.45) is 3.08. The first-order valence-corrected chi connectivity index (χ1v) is 9.47. The summed E-state index contributed by atoms with van der Waals surface area (Å²) < 4.78 is 5.59. The third kappa shape index (κ3) is 4.42. The Morgan fingerprint density at radius 3 is 2.54 bits per heavy atom. The Kier molecular flexibility index (Phi) is 6.14. The van der Waals surface area contributed by atoms with Gasteiger partial charge in [-0.2, -0.15) is 0 Å². The van der Waals surface area contributed by atoms with E-state index in [2.05, 4.69) is 12.1 Å². The normalized spacial score (nSPS) is 16.2. The lowest BCUT2D eigenvalue weighted by Gasteiger charge is -2.20. The van der Waals surface area contributed by atoms with E-state index in [1.54, 1.807) is 6.07 Å². The summed E-state index contributed by atoms with van der Waals surface area (Å²) in [6, 6.07) is 15.8. The van der Waals surface area contributed by atoms with E-state index in [9.17, 15) is 9.59 Å². The first-order valence-electron chi connectivity index (χ1n) is 9.47. The molecule has 3 rings (SSSR count). The van der Waals surface area contributed by atoms with Crippen LogP contribution in [0.4, 0.5) is 0 Å². The second-order valence-corrected chi connectivity index (χ2v) is 7.15. The molecule has 0 radical (unpaired) electrons. The van der Waals surface area contributed by atoms with Gasteiger partial charge in [-0.3, -0.25) is 4.79 Å². The molecule has 0 bridgehead atoms. The fraction of sp³-hybridized carbons (Fsp3) is 0.304. The van der Waals surface area contributed by atoms with E-state index in [0.29, 0.717) is 12.2 Å². The van der Waals surface area contributed by atoms with Crippen molar-refractivity contribution in [2.45, 2.75) is 32.6 Å². The van der Waals surface area contributed by atoms with Crippen molar-refractivity contribution in [3.63, 3.8) is 0 Å². The van der Waals surface area contributed by atoms with Crippen molar-refractivity contribution in [1.82, 2.24) is 0 Å². The molecule has 0 fully saturated rings. The van der Waals surface area contributed by atoms with Crippen LogP contribution in [0.2, 0.25) is 0 Å². The summed E-state index contributed by atoms with van der Waals surface area (Å²) in [5, 5.41) is 9.03. The molecule has 0 spiro atoms. The van der Waals surface area contributed by atoms with E-state index in [0.717, 1.165) is 41.5 Å². The van der Waals surface area contributed by atoms with Gasteiger partial charge in [0.1, 0.15) is 5.75 Å². The molecular weight excluding hydrogens is 354 g/mol. The second kappa shape index (κ2) is 8.74. The lowest BCUT2D eigenvalue weighted by molar-refractivity contribution is -0.139. The number of amides is 1. The van der Waals surface area contributed by atoms with Gasteiger partial charge in [0, 0.05) is 5.56 Å². The van der Waals surface area contributed by atoms with E-state index in [4.69, 9.17) is 15.6 Å². The number of hydrogen-bond acceptors (Lipinski definition) is 3. The third-order valence-electron chi connectivity index (χ3n) is 5.22. The summed E-state index contributed by atoms with van der Waals surface area (Å²) in [7, 11) is 0.